The number of anilines is 1. The maximum Gasteiger partial charge on any atom is 0.0804 e. The summed E-state index contributed by atoms with van der Waals surface area (Å²) >= 11 is 1.95. The van der Waals surface area contributed by atoms with E-state index in [0.29, 0.717) is 4.75 Å². The third kappa shape index (κ3) is 3.16. The van der Waals surface area contributed by atoms with E-state index in [1.165, 1.54) is 5.69 Å². The number of benzene rings is 1. The lowest BCUT2D eigenvalue weighted by Crippen LogP contribution is -2.24. The van der Waals surface area contributed by atoms with Gasteiger partial charge in [-0.05, 0) is 32.9 Å². The average molecular weight is 236 g/mol. The van der Waals surface area contributed by atoms with Crippen molar-refractivity contribution in [3.8, 4) is 0 Å². The highest BCUT2D eigenvalue weighted by Gasteiger charge is 2.24. The van der Waals surface area contributed by atoms with E-state index in [0.717, 1.165) is 19.8 Å². The van der Waals surface area contributed by atoms with E-state index in [2.05, 4.69) is 60.3 Å². The second-order valence-electron chi connectivity index (χ2n) is 5.15. The van der Waals surface area contributed by atoms with Gasteiger partial charge in [0.05, 0.1) is 6.67 Å². The smallest absolute Gasteiger partial charge is 0.0804 e. The first-order chi connectivity index (χ1) is 7.54. The summed E-state index contributed by atoms with van der Waals surface area (Å²) in [6, 6.07) is 10.7. The Hall–Kier alpha value is -0.670. The lowest BCUT2D eigenvalue weighted by atomic mass is 10.3. The number of hydrogen-bond donors (Lipinski definition) is 0. The Morgan fingerprint density at radius 3 is 2.38 bits per heavy atom. The largest absolute Gasteiger partial charge is 0.356 e. The van der Waals surface area contributed by atoms with Gasteiger partial charge in [-0.1, -0.05) is 30.1 Å². The second-order valence-corrected chi connectivity index (χ2v) is 7.07. The van der Waals surface area contributed by atoms with E-state index in [1.54, 1.807) is 0 Å². The Labute approximate surface area is 103 Å². The SMILES string of the molecule is CC(C)(C)SN1CCN(c2ccccc2)C1. The van der Waals surface area contributed by atoms with Gasteiger partial charge in [0.2, 0.25) is 0 Å². The Morgan fingerprint density at radius 2 is 1.75 bits per heavy atom. The molecule has 1 fully saturated rings. The first-order valence-corrected chi connectivity index (χ1v) is 6.56. The summed E-state index contributed by atoms with van der Waals surface area (Å²) in [7, 11) is 0. The summed E-state index contributed by atoms with van der Waals surface area (Å²) in [5.74, 6) is 0. The second kappa shape index (κ2) is 4.68. The molecule has 3 heteroatoms. The molecule has 0 radical (unpaired) electrons. The van der Waals surface area contributed by atoms with Crippen molar-refractivity contribution >= 4 is 17.6 Å². The zero-order valence-corrected chi connectivity index (χ0v) is 11.1. The van der Waals surface area contributed by atoms with Crippen molar-refractivity contribution in [3.05, 3.63) is 30.3 Å². The van der Waals surface area contributed by atoms with Crippen LogP contribution >= 0.6 is 11.9 Å². The van der Waals surface area contributed by atoms with E-state index in [1.807, 2.05) is 11.9 Å². The van der Waals surface area contributed by atoms with Crippen LogP contribution in [0.3, 0.4) is 0 Å². The van der Waals surface area contributed by atoms with Crippen LogP contribution in [0.5, 0.6) is 0 Å². The molecule has 1 aliphatic heterocycles. The molecule has 2 nitrogen and oxygen atoms in total. The van der Waals surface area contributed by atoms with Crippen molar-refractivity contribution in [2.45, 2.75) is 25.5 Å². The molecule has 0 N–H and O–H groups in total. The summed E-state index contributed by atoms with van der Waals surface area (Å²) < 4.78 is 2.76. The first-order valence-electron chi connectivity index (χ1n) is 5.79. The molecule has 1 saturated heterocycles. The van der Waals surface area contributed by atoms with Crippen molar-refractivity contribution in [2.24, 2.45) is 0 Å². The highest BCUT2D eigenvalue weighted by atomic mass is 32.2. The third-order valence-corrected chi connectivity index (χ3v) is 3.58. The molecule has 0 amide bonds. The van der Waals surface area contributed by atoms with E-state index in [-0.39, 0.29) is 0 Å². The van der Waals surface area contributed by atoms with Crippen molar-refractivity contribution in [3.63, 3.8) is 0 Å². The van der Waals surface area contributed by atoms with Crippen LogP contribution in [-0.2, 0) is 0 Å². The molecular weight excluding hydrogens is 216 g/mol. The van der Waals surface area contributed by atoms with Gasteiger partial charge in [0, 0.05) is 23.5 Å². The minimum Gasteiger partial charge on any atom is -0.356 e. The molecule has 1 aromatic rings. The number of para-hydroxylation sites is 1. The summed E-state index contributed by atoms with van der Waals surface area (Å²) in [4.78, 5) is 2.43. The molecule has 1 heterocycles. The van der Waals surface area contributed by atoms with E-state index >= 15 is 0 Å². The van der Waals surface area contributed by atoms with Crippen LogP contribution in [0.4, 0.5) is 5.69 Å². The molecule has 1 aliphatic rings. The summed E-state index contributed by atoms with van der Waals surface area (Å²) in [5, 5.41) is 0. The molecule has 0 atom stereocenters. The van der Waals surface area contributed by atoms with E-state index < -0.39 is 0 Å². The lowest BCUT2D eigenvalue weighted by molar-refractivity contribution is 0.572. The van der Waals surface area contributed by atoms with Gasteiger partial charge in [-0.15, -0.1) is 0 Å². The molecule has 2 rings (SSSR count). The molecule has 1 aromatic carbocycles. The average Bonchev–Trinajstić information content (AvgIpc) is 2.65. The van der Waals surface area contributed by atoms with Gasteiger partial charge in [-0.2, -0.15) is 0 Å². The zero-order chi connectivity index (χ0) is 11.6. The van der Waals surface area contributed by atoms with Gasteiger partial charge in [0.1, 0.15) is 0 Å². The molecule has 0 spiro atoms. The van der Waals surface area contributed by atoms with Gasteiger partial charge in [-0.25, -0.2) is 4.31 Å². The predicted octanol–water partition coefficient (Wildman–Crippen LogP) is 3.21. The van der Waals surface area contributed by atoms with Gasteiger partial charge >= 0.3 is 0 Å². The maximum absolute atomic E-state index is 2.45. The Morgan fingerprint density at radius 1 is 1.06 bits per heavy atom. The first kappa shape index (κ1) is 11.8. The van der Waals surface area contributed by atoms with E-state index in [4.69, 9.17) is 0 Å². The molecule has 16 heavy (non-hydrogen) atoms. The van der Waals surface area contributed by atoms with Crippen molar-refractivity contribution < 1.29 is 0 Å². The molecule has 88 valence electrons. The fourth-order valence-corrected chi connectivity index (χ4v) is 3.02. The molecule has 0 aliphatic carbocycles. The molecule has 0 unspecified atom stereocenters. The Kier molecular flexibility index (Phi) is 3.45. The highest BCUT2D eigenvalue weighted by molar-refractivity contribution is 7.98. The lowest BCUT2D eigenvalue weighted by Gasteiger charge is -2.25. The summed E-state index contributed by atoms with van der Waals surface area (Å²) in [6.45, 7) is 10.1. The maximum atomic E-state index is 2.45. The summed E-state index contributed by atoms with van der Waals surface area (Å²) in [5.41, 5.74) is 1.33. The molecule has 0 saturated carbocycles. The van der Waals surface area contributed by atoms with Crippen molar-refractivity contribution in [1.29, 1.82) is 0 Å². The van der Waals surface area contributed by atoms with Crippen molar-refractivity contribution in [1.82, 2.24) is 4.31 Å². The van der Waals surface area contributed by atoms with Crippen LogP contribution in [0.25, 0.3) is 0 Å². The molecule has 0 bridgehead atoms. The van der Waals surface area contributed by atoms with Gasteiger partial charge in [0.15, 0.2) is 0 Å². The minimum absolute atomic E-state index is 0.312. The van der Waals surface area contributed by atoms with Crippen LogP contribution < -0.4 is 4.90 Å². The topological polar surface area (TPSA) is 6.48 Å². The Bertz CT molecular complexity index is 332. The van der Waals surface area contributed by atoms with Gasteiger partial charge in [0.25, 0.3) is 0 Å². The quantitative estimate of drug-likeness (QED) is 0.728. The van der Waals surface area contributed by atoms with Crippen molar-refractivity contribution in [2.75, 3.05) is 24.7 Å². The van der Waals surface area contributed by atoms with E-state index in [9.17, 15) is 0 Å². The predicted molar refractivity (Wildman–Crippen MR) is 72.7 cm³/mol. The van der Waals surface area contributed by atoms with Crippen LogP contribution in [0.15, 0.2) is 30.3 Å². The highest BCUT2D eigenvalue weighted by Crippen LogP contribution is 2.30. The zero-order valence-electron chi connectivity index (χ0n) is 10.3. The Balaban J connectivity index is 1.94. The standard InChI is InChI=1S/C13H20N2S/c1-13(2,3)16-15-10-9-14(11-15)12-7-5-4-6-8-12/h4-8H,9-11H2,1-3H3. The number of nitrogens with zero attached hydrogens (tertiary/aromatic N) is 2. The minimum atomic E-state index is 0.312. The number of rotatable bonds is 2. The van der Waals surface area contributed by atoms with Crippen LogP contribution in [0.2, 0.25) is 0 Å². The molecule has 0 aromatic heterocycles. The van der Waals surface area contributed by atoms with Gasteiger partial charge in [-0.3, -0.25) is 0 Å². The third-order valence-electron chi connectivity index (χ3n) is 2.47. The fourth-order valence-electron chi connectivity index (χ4n) is 1.88. The number of hydrogen-bond acceptors (Lipinski definition) is 3. The monoisotopic (exact) mass is 236 g/mol. The van der Waals surface area contributed by atoms with Crippen LogP contribution in [-0.4, -0.2) is 28.8 Å². The van der Waals surface area contributed by atoms with Crippen LogP contribution in [0, 0.1) is 0 Å². The normalized spacial score (nSPS) is 18.1. The molecular formula is C13H20N2S. The summed E-state index contributed by atoms with van der Waals surface area (Å²) in [6.07, 6.45) is 0. The fraction of sp³-hybridized carbons (Fsp3) is 0.538. The van der Waals surface area contributed by atoms with Crippen LogP contribution in [0.1, 0.15) is 20.8 Å². The van der Waals surface area contributed by atoms with Gasteiger partial charge < -0.3 is 4.90 Å².